The molecule has 6 rings (SSSR count). The number of rotatable bonds is 9. The van der Waals surface area contributed by atoms with Crippen molar-refractivity contribution in [3.05, 3.63) is 149 Å². The van der Waals surface area contributed by atoms with Crippen LogP contribution in [0.1, 0.15) is 35.6 Å². The summed E-state index contributed by atoms with van der Waals surface area (Å²) >= 11 is 24.9. The van der Waals surface area contributed by atoms with Crippen LogP contribution in [0.25, 0.3) is 46.1 Å². The lowest BCUT2D eigenvalue weighted by Crippen LogP contribution is -2.26. The van der Waals surface area contributed by atoms with Gasteiger partial charge in [-0.2, -0.15) is 0 Å². The smallest absolute Gasteiger partial charge is 0.261 e. The van der Waals surface area contributed by atoms with Gasteiger partial charge in [-0.25, -0.2) is 9.97 Å². The van der Waals surface area contributed by atoms with Gasteiger partial charge in [0.2, 0.25) is 0 Å². The Morgan fingerprint density at radius 3 is 1.37 bits per heavy atom. The van der Waals surface area contributed by atoms with Crippen molar-refractivity contribution in [1.82, 2.24) is 19.1 Å². The highest BCUT2D eigenvalue weighted by Gasteiger charge is 2.12. The fourth-order valence-corrected chi connectivity index (χ4v) is 6.14. The number of nitrogens with zero attached hydrogens (tertiary/aromatic N) is 4. The van der Waals surface area contributed by atoms with Gasteiger partial charge in [-0.3, -0.25) is 18.7 Å². The van der Waals surface area contributed by atoms with Crippen LogP contribution in [0.5, 0.6) is 0 Å². The van der Waals surface area contributed by atoms with E-state index < -0.39 is 0 Å². The molecular weight excluding hydrogens is 662 g/mol. The fraction of sp³-hybridized carbons (Fsp3) is 0.111. The number of para-hydroxylation sites is 2. The minimum absolute atomic E-state index is 0.138. The SMILES string of the molecule is O=c1c2ccccc2nc(/C=C/c2ccc(Cl)cc2Cl)n1CCCCn1c(/C=C/c2ccc(Cl)cc2Cl)nc2ccccc2c1=O. The molecule has 10 heteroatoms. The molecule has 6 aromatic rings. The minimum atomic E-state index is -0.138. The number of hydrogen-bond donors (Lipinski definition) is 0. The van der Waals surface area contributed by atoms with Crippen molar-refractivity contribution >= 4 is 92.5 Å². The van der Waals surface area contributed by atoms with E-state index >= 15 is 0 Å². The molecule has 6 nitrogen and oxygen atoms in total. The molecule has 46 heavy (non-hydrogen) atoms. The number of hydrogen-bond acceptors (Lipinski definition) is 4. The van der Waals surface area contributed by atoms with Crippen LogP contribution in [0.15, 0.2) is 94.5 Å². The lowest BCUT2D eigenvalue weighted by Gasteiger charge is -2.13. The molecule has 0 saturated heterocycles. The summed E-state index contributed by atoms with van der Waals surface area (Å²) in [5.41, 5.74) is 2.45. The molecule has 0 saturated carbocycles. The summed E-state index contributed by atoms with van der Waals surface area (Å²) in [6.07, 6.45) is 8.41. The summed E-state index contributed by atoms with van der Waals surface area (Å²) in [7, 11) is 0. The van der Waals surface area contributed by atoms with E-state index in [0.29, 0.717) is 79.5 Å². The van der Waals surface area contributed by atoms with Crippen LogP contribution in [0.2, 0.25) is 20.1 Å². The van der Waals surface area contributed by atoms with E-state index in [2.05, 4.69) is 0 Å². The van der Waals surface area contributed by atoms with E-state index in [9.17, 15) is 9.59 Å². The van der Waals surface area contributed by atoms with Gasteiger partial charge in [0.05, 0.1) is 21.8 Å². The Morgan fingerprint density at radius 2 is 0.957 bits per heavy atom. The van der Waals surface area contributed by atoms with Crippen molar-refractivity contribution in [1.29, 1.82) is 0 Å². The molecule has 0 aliphatic rings. The summed E-state index contributed by atoms with van der Waals surface area (Å²) in [5.74, 6) is 1.01. The van der Waals surface area contributed by atoms with Crippen LogP contribution in [-0.4, -0.2) is 19.1 Å². The zero-order valence-electron chi connectivity index (χ0n) is 24.3. The molecule has 0 N–H and O–H groups in total. The molecule has 0 aliphatic heterocycles. The number of benzene rings is 4. The van der Waals surface area contributed by atoms with Crippen molar-refractivity contribution in [2.75, 3.05) is 0 Å². The first kappa shape index (κ1) is 31.8. The van der Waals surface area contributed by atoms with E-state index in [1.807, 2.05) is 60.7 Å². The number of fused-ring (bicyclic) bond motifs is 2. The number of aromatic nitrogens is 4. The molecule has 0 radical (unpaired) electrons. The van der Waals surface area contributed by atoms with Gasteiger partial charge in [0.1, 0.15) is 11.6 Å². The van der Waals surface area contributed by atoms with Crippen LogP contribution in [0, 0.1) is 0 Å². The maximum atomic E-state index is 13.6. The molecule has 230 valence electrons. The van der Waals surface area contributed by atoms with Gasteiger partial charge in [-0.15, -0.1) is 0 Å². The number of halogens is 4. The Morgan fingerprint density at radius 1 is 0.543 bits per heavy atom. The van der Waals surface area contributed by atoms with Crippen LogP contribution in [0.3, 0.4) is 0 Å². The standard InChI is InChI=1S/C36H26Cl4N4O2/c37-25-15-11-23(29(39)21-25)13-17-33-41-31-9-3-1-7-27(31)35(45)43(33)19-5-6-20-44-34(18-14-24-12-16-26(38)22-30(24)40)42-32-10-4-2-8-28(32)36(44)46/h1-4,7-18,21-22H,5-6,19-20H2/b17-13+,18-14+. The third kappa shape index (κ3) is 6.96. The summed E-state index contributed by atoms with van der Waals surface area (Å²) in [6.45, 7) is 0.790. The molecule has 0 atom stereocenters. The van der Waals surface area contributed by atoms with Crippen molar-refractivity contribution in [3.8, 4) is 0 Å². The summed E-state index contributed by atoms with van der Waals surface area (Å²) < 4.78 is 3.32. The second-order valence-electron chi connectivity index (χ2n) is 10.6. The molecular formula is C36H26Cl4N4O2. The Hall–Kier alpha value is -4.20. The van der Waals surface area contributed by atoms with Crippen molar-refractivity contribution in [2.24, 2.45) is 0 Å². The predicted octanol–water partition coefficient (Wildman–Crippen LogP) is 9.54. The molecule has 0 unspecified atom stereocenters. The second kappa shape index (κ2) is 14.1. The van der Waals surface area contributed by atoms with Crippen LogP contribution in [-0.2, 0) is 13.1 Å². The molecule has 4 aromatic carbocycles. The average Bonchev–Trinajstić information content (AvgIpc) is 3.04. The maximum Gasteiger partial charge on any atom is 0.261 e. The third-order valence-corrected chi connectivity index (χ3v) is 8.67. The first-order chi connectivity index (χ1) is 22.3. The van der Waals surface area contributed by atoms with Gasteiger partial charge >= 0.3 is 0 Å². The molecule has 2 aromatic heterocycles. The summed E-state index contributed by atoms with van der Waals surface area (Å²) in [4.78, 5) is 36.8. The molecule has 0 fully saturated rings. The first-order valence-electron chi connectivity index (χ1n) is 14.5. The molecule has 0 amide bonds. The Bertz CT molecular complexity index is 2110. The van der Waals surface area contributed by atoms with Crippen molar-refractivity contribution in [3.63, 3.8) is 0 Å². The minimum Gasteiger partial charge on any atom is -0.293 e. The van der Waals surface area contributed by atoms with Gasteiger partial charge in [-0.05, 0) is 96.8 Å². The topological polar surface area (TPSA) is 69.8 Å². The van der Waals surface area contributed by atoms with Crippen LogP contribution >= 0.6 is 46.4 Å². The van der Waals surface area contributed by atoms with Gasteiger partial charge in [0.25, 0.3) is 11.1 Å². The van der Waals surface area contributed by atoms with E-state index in [0.717, 1.165) is 11.1 Å². The summed E-state index contributed by atoms with van der Waals surface area (Å²) in [5, 5.41) is 3.14. The highest BCUT2D eigenvalue weighted by Crippen LogP contribution is 2.24. The Kier molecular flexibility index (Phi) is 9.71. The van der Waals surface area contributed by atoms with E-state index in [-0.39, 0.29) is 11.1 Å². The van der Waals surface area contributed by atoms with Gasteiger partial charge in [0, 0.05) is 33.2 Å². The molecule has 0 aliphatic carbocycles. The normalized spacial score (nSPS) is 11.8. The first-order valence-corrected chi connectivity index (χ1v) is 16.0. The van der Waals surface area contributed by atoms with Gasteiger partial charge in [-0.1, -0.05) is 82.8 Å². The van der Waals surface area contributed by atoms with Gasteiger partial charge in [0.15, 0.2) is 0 Å². The Labute approximate surface area is 284 Å². The number of unbranched alkanes of at least 4 members (excludes halogenated alkanes) is 1. The van der Waals surface area contributed by atoms with E-state index in [1.54, 1.807) is 57.7 Å². The average molecular weight is 688 g/mol. The quantitative estimate of drug-likeness (QED) is 0.142. The monoisotopic (exact) mass is 686 g/mol. The van der Waals surface area contributed by atoms with Crippen LogP contribution in [0.4, 0.5) is 0 Å². The summed E-state index contributed by atoms with van der Waals surface area (Å²) in [6, 6.07) is 25.0. The highest BCUT2D eigenvalue weighted by molar-refractivity contribution is 6.36. The maximum absolute atomic E-state index is 13.6. The Balaban J connectivity index is 1.28. The molecule has 0 spiro atoms. The largest absolute Gasteiger partial charge is 0.293 e. The zero-order chi connectivity index (χ0) is 32.2. The van der Waals surface area contributed by atoms with E-state index in [1.165, 1.54) is 0 Å². The lowest BCUT2D eigenvalue weighted by atomic mass is 10.2. The molecule has 2 heterocycles. The van der Waals surface area contributed by atoms with Crippen molar-refractivity contribution in [2.45, 2.75) is 25.9 Å². The van der Waals surface area contributed by atoms with Crippen LogP contribution < -0.4 is 11.1 Å². The second-order valence-corrected chi connectivity index (χ2v) is 12.3. The molecule has 0 bridgehead atoms. The fourth-order valence-electron chi connectivity index (χ4n) is 5.20. The predicted molar refractivity (Wildman–Crippen MR) is 192 cm³/mol. The van der Waals surface area contributed by atoms with E-state index in [4.69, 9.17) is 56.4 Å². The van der Waals surface area contributed by atoms with Crippen molar-refractivity contribution < 1.29 is 0 Å². The van der Waals surface area contributed by atoms with Gasteiger partial charge < -0.3 is 0 Å². The zero-order valence-corrected chi connectivity index (χ0v) is 27.4. The third-order valence-electron chi connectivity index (χ3n) is 7.54. The highest BCUT2D eigenvalue weighted by atomic mass is 35.5. The lowest BCUT2D eigenvalue weighted by molar-refractivity contribution is 0.529.